The summed E-state index contributed by atoms with van der Waals surface area (Å²) in [5, 5.41) is 4.84. The smallest absolute Gasteiger partial charge is 0.0613 e. The molecule has 98 valence electrons. The van der Waals surface area contributed by atoms with Gasteiger partial charge in [0.1, 0.15) is 0 Å². The van der Waals surface area contributed by atoms with Crippen molar-refractivity contribution in [1.29, 1.82) is 0 Å². The first-order chi connectivity index (χ1) is 8.65. The minimum absolute atomic E-state index is 0.368. The molecule has 2 aromatic rings. The Bertz CT molecular complexity index is 492. The van der Waals surface area contributed by atoms with Crippen LogP contribution in [0.25, 0.3) is 10.9 Å². The molecule has 0 aliphatic heterocycles. The molecule has 0 fully saturated rings. The number of benzene rings is 1. The molecule has 0 saturated heterocycles. The van der Waals surface area contributed by atoms with Gasteiger partial charge in [0.05, 0.1) is 6.61 Å². The van der Waals surface area contributed by atoms with E-state index in [1.165, 1.54) is 22.2 Å². The number of hydrogen-bond acceptors (Lipinski definition) is 2. The zero-order valence-corrected chi connectivity index (χ0v) is 11.7. The number of aryl methyl sites for hydroxylation is 2. The minimum atomic E-state index is 0.368. The molecule has 1 aromatic heterocycles. The van der Waals surface area contributed by atoms with Gasteiger partial charge in [0.15, 0.2) is 0 Å². The molecule has 3 nitrogen and oxygen atoms in total. The fraction of sp³-hybridized carbons (Fsp3) is 0.467. The van der Waals surface area contributed by atoms with Crippen molar-refractivity contribution in [3.8, 4) is 0 Å². The van der Waals surface area contributed by atoms with Gasteiger partial charge < -0.3 is 14.6 Å². The zero-order chi connectivity index (χ0) is 13.1. The number of para-hydroxylation sites is 1. The largest absolute Gasteiger partial charge is 0.383 e. The van der Waals surface area contributed by atoms with Crippen LogP contribution in [0.2, 0.25) is 0 Å². The van der Waals surface area contributed by atoms with Gasteiger partial charge in [0.25, 0.3) is 0 Å². The second-order valence-corrected chi connectivity index (χ2v) is 4.89. The molecular formula is C15H22N2O. The van der Waals surface area contributed by atoms with Crippen LogP contribution in [0.5, 0.6) is 0 Å². The average molecular weight is 246 g/mol. The summed E-state index contributed by atoms with van der Waals surface area (Å²) in [7, 11) is 3.87. The maximum atomic E-state index is 5.14. The van der Waals surface area contributed by atoms with Crippen molar-refractivity contribution in [2.75, 3.05) is 13.7 Å². The first-order valence-corrected chi connectivity index (χ1v) is 6.40. The standard InChI is InChI=1S/C15H22N2O/c1-11(10-18-4)16-9-15-12(2)13-7-5-6-8-14(13)17(15)3/h5-8,11,16H,9-10H2,1-4H3. The van der Waals surface area contributed by atoms with E-state index in [9.17, 15) is 0 Å². The normalized spacial score (nSPS) is 13.1. The van der Waals surface area contributed by atoms with Crippen LogP contribution < -0.4 is 5.32 Å². The van der Waals surface area contributed by atoms with Crippen LogP contribution in [0, 0.1) is 6.92 Å². The third-order valence-electron chi connectivity index (χ3n) is 3.54. The number of hydrogen-bond donors (Lipinski definition) is 1. The van der Waals surface area contributed by atoms with Crippen LogP contribution in [-0.2, 0) is 18.3 Å². The van der Waals surface area contributed by atoms with Crippen molar-refractivity contribution < 1.29 is 4.74 Å². The number of nitrogens with one attached hydrogen (secondary N) is 1. The predicted octanol–water partition coefficient (Wildman–Crippen LogP) is 2.61. The van der Waals surface area contributed by atoms with Crippen LogP contribution in [0.3, 0.4) is 0 Å². The summed E-state index contributed by atoms with van der Waals surface area (Å²) >= 11 is 0. The fourth-order valence-corrected chi connectivity index (χ4v) is 2.47. The second kappa shape index (κ2) is 5.55. The van der Waals surface area contributed by atoms with Gasteiger partial charge in [-0.2, -0.15) is 0 Å². The monoisotopic (exact) mass is 246 g/mol. The number of rotatable bonds is 5. The zero-order valence-electron chi connectivity index (χ0n) is 11.7. The highest BCUT2D eigenvalue weighted by molar-refractivity contribution is 5.85. The maximum Gasteiger partial charge on any atom is 0.0613 e. The maximum absolute atomic E-state index is 5.14. The van der Waals surface area contributed by atoms with Crippen LogP contribution in [0.4, 0.5) is 0 Å². The molecule has 0 amide bonds. The highest BCUT2D eigenvalue weighted by Gasteiger charge is 2.11. The van der Waals surface area contributed by atoms with Gasteiger partial charge in [-0.3, -0.25) is 0 Å². The van der Waals surface area contributed by atoms with Gasteiger partial charge in [-0.25, -0.2) is 0 Å². The summed E-state index contributed by atoms with van der Waals surface area (Å²) in [4.78, 5) is 0. The van der Waals surface area contributed by atoms with E-state index < -0.39 is 0 Å². The molecule has 0 saturated carbocycles. The fourth-order valence-electron chi connectivity index (χ4n) is 2.47. The molecule has 18 heavy (non-hydrogen) atoms. The Hall–Kier alpha value is -1.32. The first-order valence-electron chi connectivity index (χ1n) is 6.40. The van der Waals surface area contributed by atoms with Gasteiger partial charge in [0, 0.05) is 43.3 Å². The number of aromatic nitrogens is 1. The summed E-state index contributed by atoms with van der Waals surface area (Å²) < 4.78 is 7.42. The number of methoxy groups -OCH3 is 1. The van der Waals surface area contributed by atoms with Gasteiger partial charge in [0.2, 0.25) is 0 Å². The molecule has 0 aliphatic carbocycles. The van der Waals surface area contributed by atoms with E-state index in [2.05, 4.69) is 55.0 Å². The van der Waals surface area contributed by atoms with E-state index in [1.54, 1.807) is 7.11 Å². The summed E-state index contributed by atoms with van der Waals surface area (Å²) in [5.41, 5.74) is 4.01. The van der Waals surface area contributed by atoms with Crippen molar-refractivity contribution in [2.45, 2.75) is 26.4 Å². The molecule has 1 unspecified atom stereocenters. The molecule has 1 atom stereocenters. The van der Waals surface area contributed by atoms with Crippen molar-refractivity contribution in [2.24, 2.45) is 7.05 Å². The summed E-state index contributed by atoms with van der Waals surface area (Å²) in [5.74, 6) is 0. The molecule has 0 aliphatic rings. The topological polar surface area (TPSA) is 26.2 Å². The number of ether oxygens (including phenoxy) is 1. The SMILES string of the molecule is COCC(C)NCc1c(C)c2ccccc2n1C. The van der Waals surface area contributed by atoms with Gasteiger partial charge in [-0.1, -0.05) is 18.2 Å². The molecule has 1 N–H and O–H groups in total. The Balaban J connectivity index is 2.23. The summed E-state index contributed by atoms with van der Waals surface area (Å²) in [6.07, 6.45) is 0. The number of fused-ring (bicyclic) bond motifs is 1. The van der Waals surface area contributed by atoms with Gasteiger partial charge in [-0.05, 0) is 25.5 Å². The summed E-state index contributed by atoms with van der Waals surface area (Å²) in [6.45, 7) is 5.95. The van der Waals surface area contributed by atoms with E-state index in [1.807, 2.05) is 0 Å². The lowest BCUT2D eigenvalue weighted by molar-refractivity contribution is 0.171. The Morgan fingerprint density at radius 2 is 2.06 bits per heavy atom. The van der Waals surface area contributed by atoms with E-state index in [0.29, 0.717) is 6.04 Å². The Morgan fingerprint density at radius 1 is 1.33 bits per heavy atom. The Labute approximate surface area is 109 Å². The Morgan fingerprint density at radius 3 is 2.72 bits per heavy atom. The molecule has 1 heterocycles. The molecular weight excluding hydrogens is 224 g/mol. The van der Waals surface area contributed by atoms with Crippen molar-refractivity contribution in [1.82, 2.24) is 9.88 Å². The Kier molecular flexibility index (Phi) is 4.04. The van der Waals surface area contributed by atoms with Crippen molar-refractivity contribution in [3.63, 3.8) is 0 Å². The first kappa shape index (κ1) is 13.1. The van der Waals surface area contributed by atoms with Crippen LogP contribution in [0.15, 0.2) is 24.3 Å². The second-order valence-electron chi connectivity index (χ2n) is 4.89. The molecule has 0 bridgehead atoms. The van der Waals surface area contributed by atoms with E-state index in [4.69, 9.17) is 4.74 Å². The van der Waals surface area contributed by atoms with E-state index in [0.717, 1.165) is 13.2 Å². The highest BCUT2D eigenvalue weighted by atomic mass is 16.5. The predicted molar refractivity (Wildman–Crippen MR) is 75.8 cm³/mol. The van der Waals surface area contributed by atoms with Crippen LogP contribution in [0.1, 0.15) is 18.2 Å². The van der Waals surface area contributed by atoms with Crippen LogP contribution in [-0.4, -0.2) is 24.3 Å². The lowest BCUT2D eigenvalue weighted by atomic mass is 10.1. The quantitative estimate of drug-likeness (QED) is 0.877. The average Bonchev–Trinajstić information content (AvgIpc) is 2.61. The molecule has 0 radical (unpaired) electrons. The molecule has 1 aromatic carbocycles. The summed E-state index contributed by atoms with van der Waals surface area (Å²) in [6, 6.07) is 8.91. The van der Waals surface area contributed by atoms with Gasteiger partial charge in [-0.15, -0.1) is 0 Å². The highest BCUT2D eigenvalue weighted by Crippen LogP contribution is 2.24. The van der Waals surface area contributed by atoms with E-state index in [-0.39, 0.29) is 0 Å². The lowest BCUT2D eigenvalue weighted by Crippen LogP contribution is -2.30. The van der Waals surface area contributed by atoms with Gasteiger partial charge >= 0.3 is 0 Å². The third-order valence-corrected chi connectivity index (χ3v) is 3.54. The van der Waals surface area contributed by atoms with Crippen molar-refractivity contribution in [3.05, 3.63) is 35.5 Å². The van der Waals surface area contributed by atoms with E-state index >= 15 is 0 Å². The third kappa shape index (κ3) is 2.42. The molecule has 0 spiro atoms. The lowest BCUT2D eigenvalue weighted by Gasteiger charge is -2.14. The minimum Gasteiger partial charge on any atom is -0.383 e. The molecule has 2 rings (SSSR count). The molecule has 3 heteroatoms. The van der Waals surface area contributed by atoms with Crippen LogP contribution >= 0.6 is 0 Å². The van der Waals surface area contributed by atoms with Crippen molar-refractivity contribution >= 4 is 10.9 Å². The number of nitrogens with zero attached hydrogens (tertiary/aromatic N) is 1.